The maximum Gasteiger partial charge on any atom is 0.329 e. The lowest BCUT2D eigenvalue weighted by molar-refractivity contribution is -0.142. The Morgan fingerprint density at radius 3 is 2.59 bits per heavy atom. The van der Waals surface area contributed by atoms with Crippen LogP contribution in [0.15, 0.2) is 56.1 Å². The number of carbonyl (C=O) groups is 1. The van der Waals surface area contributed by atoms with Gasteiger partial charge in [0.05, 0.1) is 17.0 Å². The molecule has 0 bridgehead atoms. The largest absolute Gasteiger partial charge is 0.491 e. The van der Waals surface area contributed by atoms with Crippen LogP contribution in [0.5, 0.6) is 5.75 Å². The summed E-state index contributed by atoms with van der Waals surface area (Å²) in [4.78, 5) is 22.7. The molecule has 0 radical (unpaired) electrons. The van der Waals surface area contributed by atoms with E-state index >= 15 is 0 Å². The van der Waals surface area contributed by atoms with Crippen LogP contribution in [-0.4, -0.2) is 30.9 Å². The fraction of sp³-hybridized carbons (Fsp3) is 0.158. The maximum atomic E-state index is 12.3. The number of halogens is 2. The Morgan fingerprint density at radius 1 is 1.15 bits per heavy atom. The highest BCUT2D eigenvalue weighted by Gasteiger charge is 2.12. The van der Waals surface area contributed by atoms with Crippen LogP contribution in [0.3, 0.4) is 0 Å². The van der Waals surface area contributed by atoms with Gasteiger partial charge in [-0.1, -0.05) is 11.6 Å². The first kappa shape index (κ1) is 19.4. The van der Waals surface area contributed by atoms with Crippen LogP contribution in [0, 0.1) is 0 Å². The Hall–Kier alpha value is -2.35. The highest BCUT2D eigenvalue weighted by molar-refractivity contribution is 9.10. The number of hydrogen-bond acceptors (Lipinski definition) is 5. The summed E-state index contributed by atoms with van der Waals surface area (Å²) in [6.07, 6.45) is 0. The summed E-state index contributed by atoms with van der Waals surface area (Å²) in [6, 6.07) is 11.7. The highest BCUT2D eigenvalue weighted by atomic mass is 79.9. The standard InChI is InChI=1S/C19H14BrClO6/c20-14-6-5-13-15(22)9-16(27-19(13)18(14)21)11-1-3-12(4-2-11)26-8-7-25-10-17(23)24/h1-6,9H,7-8,10H2,(H,23,24). The molecule has 1 aromatic heterocycles. The molecule has 0 atom stereocenters. The third-order valence-electron chi connectivity index (χ3n) is 3.65. The molecular weight excluding hydrogens is 440 g/mol. The SMILES string of the molecule is O=C(O)COCCOc1ccc(-c2cc(=O)c3ccc(Br)c(Cl)c3o2)cc1. The number of ether oxygens (including phenoxy) is 2. The van der Waals surface area contributed by atoms with Gasteiger partial charge in [0, 0.05) is 16.1 Å². The first-order valence-corrected chi connectivity index (χ1v) is 9.07. The monoisotopic (exact) mass is 452 g/mol. The van der Waals surface area contributed by atoms with Gasteiger partial charge in [0.25, 0.3) is 0 Å². The molecule has 3 aromatic rings. The van der Waals surface area contributed by atoms with Crippen molar-refractivity contribution >= 4 is 44.5 Å². The zero-order valence-corrected chi connectivity index (χ0v) is 16.2. The lowest BCUT2D eigenvalue weighted by Crippen LogP contribution is -2.12. The first-order chi connectivity index (χ1) is 13.0. The second-order valence-electron chi connectivity index (χ2n) is 5.53. The maximum absolute atomic E-state index is 12.3. The minimum atomic E-state index is -1.02. The molecule has 0 unspecified atom stereocenters. The van der Waals surface area contributed by atoms with Crippen LogP contribution >= 0.6 is 27.5 Å². The molecule has 0 saturated heterocycles. The van der Waals surface area contributed by atoms with E-state index in [4.69, 9.17) is 30.6 Å². The summed E-state index contributed by atoms with van der Waals surface area (Å²) >= 11 is 9.56. The van der Waals surface area contributed by atoms with Crippen molar-refractivity contribution in [3.63, 3.8) is 0 Å². The number of carboxylic acids is 1. The molecule has 0 spiro atoms. The van der Waals surface area contributed by atoms with Crippen molar-refractivity contribution in [1.82, 2.24) is 0 Å². The zero-order chi connectivity index (χ0) is 19.4. The number of hydrogen-bond donors (Lipinski definition) is 1. The van der Waals surface area contributed by atoms with Gasteiger partial charge in [0.2, 0.25) is 0 Å². The average Bonchev–Trinajstić information content (AvgIpc) is 2.65. The number of rotatable bonds is 7. The fourth-order valence-electron chi connectivity index (χ4n) is 2.40. The van der Waals surface area contributed by atoms with E-state index in [9.17, 15) is 9.59 Å². The molecular formula is C19H14BrClO6. The topological polar surface area (TPSA) is 86.0 Å². The Labute approximate surface area is 167 Å². The summed E-state index contributed by atoms with van der Waals surface area (Å²) in [7, 11) is 0. The van der Waals surface area contributed by atoms with Gasteiger partial charge < -0.3 is 19.0 Å². The Bertz CT molecular complexity index is 1030. The summed E-state index contributed by atoms with van der Waals surface area (Å²) < 4.78 is 16.8. The van der Waals surface area contributed by atoms with Crippen LogP contribution in [0.25, 0.3) is 22.3 Å². The quantitative estimate of drug-likeness (QED) is 0.535. The van der Waals surface area contributed by atoms with Crippen molar-refractivity contribution in [2.45, 2.75) is 0 Å². The molecule has 0 aliphatic heterocycles. The van der Waals surface area contributed by atoms with Crippen LogP contribution in [0.1, 0.15) is 0 Å². The molecule has 0 fully saturated rings. The fourth-order valence-corrected chi connectivity index (χ4v) is 2.91. The molecule has 3 rings (SSSR count). The van der Waals surface area contributed by atoms with Gasteiger partial charge in [-0.2, -0.15) is 0 Å². The van der Waals surface area contributed by atoms with Crippen molar-refractivity contribution in [1.29, 1.82) is 0 Å². The third kappa shape index (κ3) is 4.68. The number of aliphatic carboxylic acids is 1. The van der Waals surface area contributed by atoms with Gasteiger partial charge in [0.15, 0.2) is 11.0 Å². The molecule has 140 valence electrons. The summed E-state index contributed by atoms with van der Waals surface area (Å²) in [5.74, 6) is -0.0474. The van der Waals surface area contributed by atoms with Gasteiger partial charge >= 0.3 is 5.97 Å². The second kappa shape index (κ2) is 8.56. The number of fused-ring (bicyclic) bond motifs is 1. The molecule has 0 saturated carbocycles. The molecule has 0 amide bonds. The van der Waals surface area contributed by atoms with Crippen molar-refractivity contribution in [3.05, 3.63) is 62.2 Å². The summed E-state index contributed by atoms with van der Waals surface area (Å²) in [5, 5.41) is 9.23. The van der Waals surface area contributed by atoms with Gasteiger partial charge in [0.1, 0.15) is 24.7 Å². The minimum Gasteiger partial charge on any atom is -0.491 e. The molecule has 1 heterocycles. The molecule has 2 aromatic carbocycles. The molecule has 8 heteroatoms. The Kier molecular flexibility index (Phi) is 6.15. The molecule has 6 nitrogen and oxygen atoms in total. The van der Waals surface area contributed by atoms with Crippen LogP contribution in [-0.2, 0) is 9.53 Å². The van der Waals surface area contributed by atoms with Gasteiger partial charge in [-0.25, -0.2) is 4.79 Å². The average molecular weight is 454 g/mol. The molecule has 27 heavy (non-hydrogen) atoms. The third-order valence-corrected chi connectivity index (χ3v) is 4.91. The number of carboxylic acid groups (broad SMARTS) is 1. The zero-order valence-electron chi connectivity index (χ0n) is 13.9. The van der Waals surface area contributed by atoms with Crippen molar-refractivity contribution in [2.24, 2.45) is 0 Å². The van der Waals surface area contributed by atoms with Crippen molar-refractivity contribution in [3.8, 4) is 17.1 Å². The Balaban J connectivity index is 1.76. The summed E-state index contributed by atoms with van der Waals surface area (Å²) in [6.45, 7) is 0.0320. The van der Waals surface area contributed by atoms with Gasteiger partial charge in [-0.3, -0.25) is 4.79 Å². The van der Waals surface area contributed by atoms with E-state index in [0.29, 0.717) is 37.5 Å². The van der Waals surface area contributed by atoms with E-state index < -0.39 is 5.97 Å². The predicted molar refractivity (Wildman–Crippen MR) is 105 cm³/mol. The van der Waals surface area contributed by atoms with Crippen LogP contribution < -0.4 is 10.2 Å². The normalized spacial score (nSPS) is 10.9. The van der Waals surface area contributed by atoms with E-state index in [0.717, 1.165) is 0 Å². The first-order valence-electron chi connectivity index (χ1n) is 7.90. The lowest BCUT2D eigenvalue weighted by Gasteiger charge is -2.08. The highest BCUT2D eigenvalue weighted by Crippen LogP contribution is 2.32. The number of benzene rings is 2. The predicted octanol–water partition coefficient (Wildman–Crippen LogP) is 4.36. The van der Waals surface area contributed by atoms with E-state index in [2.05, 4.69) is 15.9 Å². The van der Waals surface area contributed by atoms with E-state index in [1.807, 2.05) is 0 Å². The van der Waals surface area contributed by atoms with E-state index in [-0.39, 0.29) is 25.2 Å². The van der Waals surface area contributed by atoms with Crippen molar-refractivity contribution < 1.29 is 23.8 Å². The van der Waals surface area contributed by atoms with E-state index in [1.165, 1.54) is 6.07 Å². The second-order valence-corrected chi connectivity index (χ2v) is 6.76. The lowest BCUT2D eigenvalue weighted by atomic mass is 10.1. The summed E-state index contributed by atoms with van der Waals surface area (Å²) in [5.41, 5.74) is 0.834. The molecule has 0 aliphatic rings. The van der Waals surface area contributed by atoms with Gasteiger partial charge in [-0.05, 0) is 52.3 Å². The van der Waals surface area contributed by atoms with Crippen molar-refractivity contribution in [2.75, 3.05) is 19.8 Å². The van der Waals surface area contributed by atoms with Gasteiger partial charge in [-0.15, -0.1) is 0 Å². The smallest absolute Gasteiger partial charge is 0.329 e. The van der Waals surface area contributed by atoms with E-state index in [1.54, 1.807) is 36.4 Å². The molecule has 1 N–H and O–H groups in total. The Morgan fingerprint density at radius 2 is 1.89 bits per heavy atom. The van der Waals surface area contributed by atoms with Crippen LogP contribution in [0.4, 0.5) is 0 Å². The molecule has 0 aliphatic carbocycles. The minimum absolute atomic E-state index is 0.168. The van der Waals surface area contributed by atoms with Crippen LogP contribution in [0.2, 0.25) is 5.02 Å².